The molecule has 1 aliphatic heterocycles. The Morgan fingerprint density at radius 1 is 0.704 bits per heavy atom. The summed E-state index contributed by atoms with van der Waals surface area (Å²) in [6.45, 7) is 4.13. The summed E-state index contributed by atoms with van der Waals surface area (Å²) in [6, 6.07) is 20.8. The third-order valence-electron chi connectivity index (χ3n) is 4.67. The third kappa shape index (κ3) is 3.08. The van der Waals surface area contributed by atoms with Crippen molar-refractivity contribution in [1.29, 1.82) is 0 Å². The first kappa shape index (κ1) is 17.0. The number of carbonyl (C=O) groups excluding carboxylic acids is 2. The lowest BCUT2D eigenvalue weighted by molar-refractivity contribution is 0.0926. The molecule has 0 saturated heterocycles. The molecule has 0 spiro atoms. The van der Waals surface area contributed by atoms with Crippen LogP contribution in [0.25, 0.3) is 12.2 Å². The minimum atomic E-state index is -0.275. The smallest absolute Gasteiger partial charge is 0.266 e. The zero-order chi connectivity index (χ0) is 19.0. The molecule has 0 radical (unpaired) electrons. The fraction of sp³-hybridized carbons (Fsp3) is 0.0833. The van der Waals surface area contributed by atoms with Crippen molar-refractivity contribution in [2.24, 2.45) is 0 Å². The van der Waals surface area contributed by atoms with E-state index in [4.69, 9.17) is 0 Å². The van der Waals surface area contributed by atoms with Gasteiger partial charge in [0, 0.05) is 0 Å². The molecule has 0 aromatic heterocycles. The van der Waals surface area contributed by atoms with E-state index in [0.29, 0.717) is 16.8 Å². The predicted octanol–water partition coefficient (Wildman–Crippen LogP) is 5.27. The molecule has 3 aromatic rings. The molecule has 2 amide bonds. The number of rotatable bonds is 3. The Hall–Kier alpha value is -3.46. The molecule has 132 valence electrons. The molecule has 1 aliphatic rings. The van der Waals surface area contributed by atoms with Crippen molar-refractivity contribution in [2.45, 2.75) is 13.8 Å². The summed E-state index contributed by atoms with van der Waals surface area (Å²) in [5.41, 5.74) is 5.82. The molecule has 4 rings (SSSR count). The summed E-state index contributed by atoms with van der Waals surface area (Å²) in [5, 5.41) is 0. The topological polar surface area (TPSA) is 37.4 Å². The predicted molar refractivity (Wildman–Crippen MR) is 109 cm³/mol. The van der Waals surface area contributed by atoms with Crippen LogP contribution in [0.2, 0.25) is 0 Å². The van der Waals surface area contributed by atoms with Gasteiger partial charge in [-0.3, -0.25) is 9.59 Å². The number of hydrogen-bond acceptors (Lipinski definition) is 2. The van der Waals surface area contributed by atoms with E-state index in [-0.39, 0.29) is 11.8 Å². The second kappa shape index (κ2) is 6.69. The van der Waals surface area contributed by atoms with Crippen LogP contribution >= 0.6 is 0 Å². The molecule has 0 N–H and O–H groups in total. The van der Waals surface area contributed by atoms with Crippen molar-refractivity contribution in [3.63, 3.8) is 0 Å². The number of imide groups is 1. The summed E-state index contributed by atoms with van der Waals surface area (Å²) in [4.78, 5) is 26.9. The van der Waals surface area contributed by atoms with Crippen LogP contribution in [-0.4, -0.2) is 11.8 Å². The van der Waals surface area contributed by atoms with E-state index in [1.54, 1.807) is 24.3 Å². The van der Waals surface area contributed by atoms with Gasteiger partial charge in [0.2, 0.25) is 0 Å². The summed E-state index contributed by atoms with van der Waals surface area (Å²) < 4.78 is 0. The average molecular weight is 353 g/mol. The van der Waals surface area contributed by atoms with Gasteiger partial charge in [-0.1, -0.05) is 71.8 Å². The summed E-state index contributed by atoms with van der Waals surface area (Å²) in [7, 11) is 0. The van der Waals surface area contributed by atoms with E-state index < -0.39 is 0 Å². The first-order chi connectivity index (χ1) is 13.0. The van der Waals surface area contributed by atoms with Crippen LogP contribution in [-0.2, 0) is 0 Å². The summed E-state index contributed by atoms with van der Waals surface area (Å²) in [5.74, 6) is -0.550. The van der Waals surface area contributed by atoms with E-state index in [0.717, 1.165) is 11.1 Å². The normalized spacial score (nSPS) is 13.5. The van der Waals surface area contributed by atoms with Crippen LogP contribution in [0.4, 0.5) is 5.69 Å². The number of fused-ring (bicyclic) bond motifs is 1. The van der Waals surface area contributed by atoms with Crippen LogP contribution in [0.1, 0.15) is 43.0 Å². The molecule has 0 saturated carbocycles. The van der Waals surface area contributed by atoms with Crippen molar-refractivity contribution in [2.75, 3.05) is 4.90 Å². The monoisotopic (exact) mass is 353 g/mol. The summed E-state index contributed by atoms with van der Waals surface area (Å²) >= 11 is 0. The Morgan fingerprint density at radius 2 is 1.26 bits per heavy atom. The first-order valence-electron chi connectivity index (χ1n) is 8.88. The Balaban J connectivity index is 1.73. The highest BCUT2D eigenvalue weighted by atomic mass is 16.2. The minimum absolute atomic E-state index is 0.275. The zero-order valence-electron chi connectivity index (χ0n) is 15.3. The van der Waals surface area contributed by atoms with Gasteiger partial charge in [-0.2, -0.15) is 0 Å². The van der Waals surface area contributed by atoms with E-state index in [9.17, 15) is 9.59 Å². The lowest BCUT2D eigenvalue weighted by Gasteiger charge is -2.16. The van der Waals surface area contributed by atoms with E-state index in [1.807, 2.05) is 36.4 Å². The molecule has 0 atom stereocenters. The van der Waals surface area contributed by atoms with Gasteiger partial charge in [0.1, 0.15) is 0 Å². The molecule has 3 heteroatoms. The Bertz CT molecular complexity index is 1040. The number of anilines is 1. The molecule has 0 bridgehead atoms. The molecular formula is C24H19NO2. The number of amides is 2. The van der Waals surface area contributed by atoms with Gasteiger partial charge in [0.25, 0.3) is 11.8 Å². The van der Waals surface area contributed by atoms with Crippen molar-refractivity contribution >= 4 is 29.7 Å². The Morgan fingerprint density at radius 3 is 1.89 bits per heavy atom. The van der Waals surface area contributed by atoms with Gasteiger partial charge in [0.05, 0.1) is 16.8 Å². The van der Waals surface area contributed by atoms with Gasteiger partial charge in [-0.15, -0.1) is 0 Å². The highest BCUT2D eigenvalue weighted by molar-refractivity contribution is 6.34. The second-order valence-electron chi connectivity index (χ2n) is 6.80. The maximum atomic E-state index is 12.8. The fourth-order valence-electron chi connectivity index (χ4n) is 3.53. The van der Waals surface area contributed by atoms with Gasteiger partial charge >= 0.3 is 0 Å². The molecule has 0 fully saturated rings. The largest absolute Gasteiger partial charge is 0.268 e. The second-order valence-corrected chi connectivity index (χ2v) is 6.80. The molecule has 1 heterocycles. The number of para-hydroxylation sites is 1. The molecule has 0 unspecified atom stereocenters. The maximum Gasteiger partial charge on any atom is 0.266 e. The number of carbonyl (C=O) groups is 2. The number of nitrogens with zero attached hydrogens (tertiary/aromatic N) is 1. The van der Waals surface area contributed by atoms with E-state index in [2.05, 4.69) is 32.0 Å². The third-order valence-corrected chi connectivity index (χ3v) is 4.67. The van der Waals surface area contributed by atoms with Crippen LogP contribution in [0.3, 0.4) is 0 Å². The van der Waals surface area contributed by atoms with Gasteiger partial charge in [0.15, 0.2) is 0 Å². The molecule has 3 nitrogen and oxygen atoms in total. The fourth-order valence-corrected chi connectivity index (χ4v) is 3.53. The lowest BCUT2D eigenvalue weighted by atomic mass is 10.1. The summed E-state index contributed by atoms with van der Waals surface area (Å²) in [6.07, 6.45) is 3.96. The van der Waals surface area contributed by atoms with E-state index >= 15 is 0 Å². The van der Waals surface area contributed by atoms with Crippen LogP contribution < -0.4 is 4.90 Å². The van der Waals surface area contributed by atoms with Gasteiger partial charge < -0.3 is 0 Å². The Kier molecular flexibility index (Phi) is 4.21. The Labute approximate surface area is 158 Å². The standard InChI is InChI=1S/C24H19NO2/c1-16-13-17(2)15-18(14-16)11-12-19-7-3-6-10-22(19)25-23(26)20-8-4-5-9-21(20)24(25)27/h3-15H,1-2H3/b12-11+. The zero-order valence-corrected chi connectivity index (χ0v) is 15.3. The number of benzene rings is 3. The highest BCUT2D eigenvalue weighted by Gasteiger charge is 2.36. The molecule has 3 aromatic carbocycles. The quantitative estimate of drug-likeness (QED) is 0.475. The highest BCUT2D eigenvalue weighted by Crippen LogP contribution is 2.31. The molecule has 0 aliphatic carbocycles. The van der Waals surface area contributed by atoms with Crippen LogP contribution in [0.5, 0.6) is 0 Å². The van der Waals surface area contributed by atoms with Gasteiger partial charge in [-0.25, -0.2) is 4.90 Å². The van der Waals surface area contributed by atoms with Crippen molar-refractivity contribution < 1.29 is 9.59 Å². The van der Waals surface area contributed by atoms with Crippen LogP contribution in [0, 0.1) is 13.8 Å². The van der Waals surface area contributed by atoms with Crippen LogP contribution in [0.15, 0.2) is 66.7 Å². The molecule has 27 heavy (non-hydrogen) atoms. The number of aryl methyl sites for hydroxylation is 2. The number of hydrogen-bond donors (Lipinski definition) is 0. The van der Waals surface area contributed by atoms with Crippen molar-refractivity contribution in [3.8, 4) is 0 Å². The maximum absolute atomic E-state index is 12.8. The lowest BCUT2D eigenvalue weighted by Crippen LogP contribution is -2.29. The van der Waals surface area contributed by atoms with E-state index in [1.165, 1.54) is 16.0 Å². The minimum Gasteiger partial charge on any atom is -0.268 e. The van der Waals surface area contributed by atoms with Crippen molar-refractivity contribution in [3.05, 3.63) is 100 Å². The van der Waals surface area contributed by atoms with Gasteiger partial charge in [-0.05, 0) is 43.2 Å². The SMILES string of the molecule is Cc1cc(C)cc(/C=C/c2ccccc2N2C(=O)c3ccccc3C2=O)c1. The molecular weight excluding hydrogens is 334 g/mol. The average Bonchev–Trinajstić information content (AvgIpc) is 2.91. The van der Waals surface area contributed by atoms with Crippen molar-refractivity contribution in [1.82, 2.24) is 0 Å². The first-order valence-corrected chi connectivity index (χ1v) is 8.88.